The van der Waals surface area contributed by atoms with E-state index in [0.29, 0.717) is 6.54 Å². The highest BCUT2D eigenvalue weighted by Gasteiger charge is 2.09. The first-order valence-corrected chi connectivity index (χ1v) is 6.86. The fourth-order valence-corrected chi connectivity index (χ4v) is 2.15. The van der Waals surface area contributed by atoms with Crippen molar-refractivity contribution in [3.05, 3.63) is 36.0 Å². The van der Waals surface area contributed by atoms with Gasteiger partial charge in [-0.25, -0.2) is 0 Å². The van der Waals surface area contributed by atoms with Crippen LogP contribution in [0.4, 0.5) is 0 Å². The van der Waals surface area contributed by atoms with E-state index in [1.165, 1.54) is 16.5 Å². The van der Waals surface area contributed by atoms with E-state index in [1.807, 2.05) is 13.1 Å². The third kappa shape index (κ3) is 3.82. The van der Waals surface area contributed by atoms with Gasteiger partial charge in [-0.15, -0.1) is 0 Å². The Bertz CT molecular complexity index is 549. The number of fused-ring (bicyclic) bond motifs is 1. The van der Waals surface area contributed by atoms with Gasteiger partial charge in [0.25, 0.3) is 0 Å². The molecule has 0 saturated carbocycles. The molecule has 2 rings (SSSR count). The van der Waals surface area contributed by atoms with E-state index in [0.717, 1.165) is 6.54 Å². The Kier molecular flexibility index (Phi) is 3.97. The highest BCUT2D eigenvalue weighted by molar-refractivity contribution is 5.80. The normalized spacial score (nSPS) is 13.9. The number of benzene rings is 1. The van der Waals surface area contributed by atoms with E-state index in [9.17, 15) is 5.11 Å². The van der Waals surface area contributed by atoms with Crippen LogP contribution in [0.15, 0.2) is 30.5 Å². The second-order valence-electron chi connectivity index (χ2n) is 6.31. The Morgan fingerprint density at radius 1 is 1.26 bits per heavy atom. The molecule has 2 N–H and O–H groups in total. The SMILES string of the molecule is CC(O)Cn1ccc2ccc(CNC(C)(C)C)cc21. The number of aliphatic hydroxyl groups excluding tert-OH is 1. The molecule has 1 heterocycles. The number of nitrogens with zero attached hydrogens (tertiary/aromatic N) is 1. The summed E-state index contributed by atoms with van der Waals surface area (Å²) in [6.07, 6.45) is 1.71. The van der Waals surface area contributed by atoms with Gasteiger partial charge >= 0.3 is 0 Å². The van der Waals surface area contributed by atoms with Gasteiger partial charge in [0.2, 0.25) is 0 Å². The van der Waals surface area contributed by atoms with E-state index in [1.54, 1.807) is 0 Å². The Balaban J connectivity index is 2.23. The quantitative estimate of drug-likeness (QED) is 0.887. The molecule has 1 aromatic heterocycles. The maximum Gasteiger partial charge on any atom is 0.0691 e. The van der Waals surface area contributed by atoms with Gasteiger partial charge in [0, 0.05) is 30.3 Å². The molecule has 104 valence electrons. The second kappa shape index (κ2) is 5.35. The van der Waals surface area contributed by atoms with Crippen LogP contribution in [0.5, 0.6) is 0 Å². The van der Waals surface area contributed by atoms with Crippen molar-refractivity contribution in [2.24, 2.45) is 0 Å². The molecule has 0 spiro atoms. The van der Waals surface area contributed by atoms with Crippen LogP contribution in [0.3, 0.4) is 0 Å². The first kappa shape index (κ1) is 14.1. The topological polar surface area (TPSA) is 37.2 Å². The molecule has 0 fully saturated rings. The van der Waals surface area contributed by atoms with E-state index < -0.39 is 0 Å². The smallest absolute Gasteiger partial charge is 0.0691 e. The molecule has 0 radical (unpaired) electrons. The van der Waals surface area contributed by atoms with Crippen LogP contribution in [-0.2, 0) is 13.1 Å². The van der Waals surface area contributed by atoms with Crippen molar-refractivity contribution in [3.63, 3.8) is 0 Å². The molecule has 0 saturated heterocycles. The number of rotatable bonds is 4. The zero-order chi connectivity index (χ0) is 14.0. The van der Waals surface area contributed by atoms with Gasteiger partial charge in [0.15, 0.2) is 0 Å². The minimum Gasteiger partial charge on any atom is -0.392 e. The molecule has 1 atom stereocenters. The van der Waals surface area contributed by atoms with Crippen molar-refractivity contribution >= 4 is 10.9 Å². The Morgan fingerprint density at radius 3 is 2.63 bits per heavy atom. The monoisotopic (exact) mass is 260 g/mol. The highest BCUT2D eigenvalue weighted by atomic mass is 16.3. The summed E-state index contributed by atoms with van der Waals surface area (Å²) in [5.74, 6) is 0. The van der Waals surface area contributed by atoms with Crippen LogP contribution >= 0.6 is 0 Å². The average molecular weight is 260 g/mol. The third-order valence-electron chi connectivity index (χ3n) is 3.12. The van der Waals surface area contributed by atoms with Crippen LogP contribution in [0, 0.1) is 0 Å². The van der Waals surface area contributed by atoms with E-state index in [2.05, 4.69) is 54.9 Å². The molecule has 19 heavy (non-hydrogen) atoms. The fourth-order valence-electron chi connectivity index (χ4n) is 2.15. The zero-order valence-corrected chi connectivity index (χ0v) is 12.3. The van der Waals surface area contributed by atoms with Gasteiger partial charge in [-0.05, 0) is 50.8 Å². The molecule has 1 aromatic carbocycles. The van der Waals surface area contributed by atoms with Gasteiger partial charge in [-0.3, -0.25) is 0 Å². The molecule has 2 aromatic rings. The summed E-state index contributed by atoms with van der Waals surface area (Å²) < 4.78 is 2.11. The van der Waals surface area contributed by atoms with Crippen molar-refractivity contribution in [2.75, 3.05) is 0 Å². The highest BCUT2D eigenvalue weighted by Crippen LogP contribution is 2.18. The minimum atomic E-state index is -0.327. The standard InChI is InChI=1S/C16H24N2O/c1-12(19)11-18-8-7-14-6-5-13(9-15(14)18)10-17-16(2,3)4/h5-9,12,17,19H,10-11H2,1-4H3. The van der Waals surface area contributed by atoms with Crippen LogP contribution in [0.1, 0.15) is 33.3 Å². The van der Waals surface area contributed by atoms with Crippen molar-refractivity contribution in [1.82, 2.24) is 9.88 Å². The molecular formula is C16H24N2O. The average Bonchev–Trinajstić information content (AvgIpc) is 2.68. The summed E-state index contributed by atoms with van der Waals surface area (Å²) >= 11 is 0. The number of hydrogen-bond donors (Lipinski definition) is 2. The van der Waals surface area contributed by atoms with Crippen LogP contribution in [0.25, 0.3) is 10.9 Å². The number of aromatic nitrogens is 1. The molecule has 1 unspecified atom stereocenters. The van der Waals surface area contributed by atoms with Crippen LogP contribution in [0.2, 0.25) is 0 Å². The predicted octanol–water partition coefficient (Wildman–Crippen LogP) is 2.91. The molecular weight excluding hydrogens is 236 g/mol. The summed E-state index contributed by atoms with van der Waals surface area (Å²) in [6.45, 7) is 9.82. The number of nitrogens with one attached hydrogen (secondary N) is 1. The van der Waals surface area contributed by atoms with Gasteiger partial charge < -0.3 is 15.0 Å². The largest absolute Gasteiger partial charge is 0.392 e. The van der Waals surface area contributed by atoms with Crippen molar-refractivity contribution < 1.29 is 5.11 Å². The van der Waals surface area contributed by atoms with E-state index >= 15 is 0 Å². The molecule has 0 aliphatic rings. The summed E-state index contributed by atoms with van der Waals surface area (Å²) in [5.41, 5.74) is 2.58. The lowest BCUT2D eigenvalue weighted by Gasteiger charge is -2.20. The van der Waals surface area contributed by atoms with Crippen molar-refractivity contribution in [3.8, 4) is 0 Å². The molecule has 0 aliphatic heterocycles. The first-order valence-electron chi connectivity index (χ1n) is 6.86. The van der Waals surface area contributed by atoms with Crippen molar-refractivity contribution in [1.29, 1.82) is 0 Å². The molecule has 0 amide bonds. The zero-order valence-electron chi connectivity index (χ0n) is 12.3. The summed E-state index contributed by atoms with van der Waals surface area (Å²) in [6, 6.07) is 8.61. The molecule has 0 aliphatic carbocycles. The molecule has 3 heteroatoms. The minimum absolute atomic E-state index is 0.122. The van der Waals surface area contributed by atoms with E-state index in [4.69, 9.17) is 0 Å². The maximum atomic E-state index is 9.53. The van der Waals surface area contributed by atoms with Crippen LogP contribution < -0.4 is 5.32 Å². The first-order chi connectivity index (χ1) is 8.85. The maximum absolute atomic E-state index is 9.53. The summed E-state index contributed by atoms with van der Waals surface area (Å²) in [4.78, 5) is 0. The number of aliphatic hydroxyl groups is 1. The fraction of sp³-hybridized carbons (Fsp3) is 0.500. The molecule has 3 nitrogen and oxygen atoms in total. The Hall–Kier alpha value is -1.32. The van der Waals surface area contributed by atoms with E-state index in [-0.39, 0.29) is 11.6 Å². The summed E-state index contributed by atoms with van der Waals surface area (Å²) in [7, 11) is 0. The predicted molar refractivity (Wildman–Crippen MR) is 80.2 cm³/mol. The molecule has 0 bridgehead atoms. The number of hydrogen-bond acceptors (Lipinski definition) is 2. The third-order valence-corrected chi connectivity index (χ3v) is 3.12. The lowest BCUT2D eigenvalue weighted by molar-refractivity contribution is 0.175. The lowest BCUT2D eigenvalue weighted by Crippen LogP contribution is -2.35. The Morgan fingerprint density at radius 2 is 2.00 bits per heavy atom. The van der Waals surface area contributed by atoms with Gasteiger partial charge in [-0.1, -0.05) is 12.1 Å². The van der Waals surface area contributed by atoms with Crippen molar-refractivity contribution in [2.45, 2.75) is 52.4 Å². The van der Waals surface area contributed by atoms with Gasteiger partial charge in [0.1, 0.15) is 0 Å². The second-order valence-corrected chi connectivity index (χ2v) is 6.31. The van der Waals surface area contributed by atoms with Gasteiger partial charge in [0.05, 0.1) is 6.10 Å². The summed E-state index contributed by atoms with van der Waals surface area (Å²) in [5, 5.41) is 14.2. The van der Waals surface area contributed by atoms with Crippen LogP contribution in [-0.4, -0.2) is 21.3 Å². The lowest BCUT2D eigenvalue weighted by atomic mass is 10.1. The van der Waals surface area contributed by atoms with Gasteiger partial charge in [-0.2, -0.15) is 0 Å². The Labute approximate surface area is 115 Å².